The van der Waals surface area contributed by atoms with E-state index in [2.05, 4.69) is 44.9 Å². The molecule has 1 aromatic heterocycles. The molecule has 2 rings (SSSR count). The van der Waals surface area contributed by atoms with E-state index in [4.69, 9.17) is 32.4 Å². The summed E-state index contributed by atoms with van der Waals surface area (Å²) in [5, 5.41) is 4.78. The van der Waals surface area contributed by atoms with E-state index >= 15 is 0 Å². The lowest BCUT2D eigenvalue weighted by atomic mass is 9.95. The maximum absolute atomic E-state index is 6.80. The van der Waals surface area contributed by atoms with E-state index in [9.17, 15) is 0 Å². The number of nitrogens with one attached hydrogen (secondary N) is 1. The zero-order valence-electron chi connectivity index (χ0n) is 17.3. The van der Waals surface area contributed by atoms with Crippen LogP contribution in [-0.2, 0) is 9.16 Å². The number of hydrogen-bond donors (Lipinski definition) is 1. The number of rotatable bonds is 9. The minimum atomic E-state index is -1.83. The average Bonchev–Trinajstić information content (AvgIpc) is 2.64. The molecule has 4 nitrogen and oxygen atoms in total. The highest BCUT2D eigenvalue weighted by molar-refractivity contribution is 6.73. The van der Waals surface area contributed by atoms with Crippen LogP contribution in [-0.4, -0.2) is 38.1 Å². The molecule has 154 valence electrons. The molecule has 0 spiro atoms. The lowest BCUT2D eigenvalue weighted by Gasteiger charge is -2.37. The van der Waals surface area contributed by atoms with Gasteiger partial charge in [-0.2, -0.15) is 0 Å². The maximum atomic E-state index is 6.80. The van der Waals surface area contributed by atoms with Gasteiger partial charge in [-0.3, -0.25) is 4.98 Å². The Hall–Kier alpha value is -0.173. The summed E-state index contributed by atoms with van der Waals surface area (Å²) in [5.74, 6) is 0. The molecule has 2 atom stereocenters. The molecule has 2 heterocycles. The first-order valence-corrected chi connectivity index (χ1v) is 13.4. The number of hydrogen-bond acceptors (Lipinski definition) is 4. The lowest BCUT2D eigenvalue weighted by Crippen LogP contribution is -2.46. The average molecular weight is 433 g/mol. The van der Waals surface area contributed by atoms with Gasteiger partial charge in [0.1, 0.15) is 0 Å². The highest BCUT2D eigenvalue weighted by Gasteiger charge is 2.35. The Bertz CT molecular complexity index is 573. The zero-order valence-corrected chi connectivity index (χ0v) is 19.8. The van der Waals surface area contributed by atoms with Crippen molar-refractivity contribution in [3.63, 3.8) is 0 Å². The highest BCUT2D eigenvalue weighted by Crippen LogP contribution is 2.36. The Kier molecular flexibility index (Phi) is 8.59. The Morgan fingerprint density at radius 2 is 1.81 bits per heavy atom. The molecule has 0 bridgehead atoms. The van der Waals surface area contributed by atoms with Gasteiger partial charge in [0.2, 0.25) is 0 Å². The predicted octanol–water partition coefficient (Wildman–Crippen LogP) is 6.00. The van der Waals surface area contributed by atoms with Crippen LogP contribution in [0, 0.1) is 0 Å². The zero-order chi connectivity index (χ0) is 20.1. The second kappa shape index (κ2) is 10.0. The van der Waals surface area contributed by atoms with E-state index in [0.717, 1.165) is 43.1 Å². The van der Waals surface area contributed by atoms with Gasteiger partial charge in [0.25, 0.3) is 0 Å². The normalized spacial score (nSPS) is 21.2. The van der Waals surface area contributed by atoms with Crippen molar-refractivity contribution in [2.24, 2.45) is 0 Å². The fourth-order valence-electron chi connectivity index (χ4n) is 3.67. The molecule has 0 aromatic carbocycles. The minimum Gasteiger partial charge on any atom is -0.409 e. The van der Waals surface area contributed by atoms with Gasteiger partial charge in [0.05, 0.1) is 28.4 Å². The van der Waals surface area contributed by atoms with E-state index in [1.165, 1.54) is 0 Å². The summed E-state index contributed by atoms with van der Waals surface area (Å²) >= 11 is 13.0. The third-order valence-electron chi connectivity index (χ3n) is 5.90. The van der Waals surface area contributed by atoms with Crippen LogP contribution < -0.4 is 5.32 Å². The van der Waals surface area contributed by atoms with Gasteiger partial charge in [-0.15, -0.1) is 0 Å². The summed E-state index contributed by atoms with van der Waals surface area (Å²) in [5.41, 5.74) is 0.825. The molecule has 1 fully saturated rings. The highest BCUT2D eigenvalue weighted by atomic mass is 35.5. The van der Waals surface area contributed by atoms with Crippen LogP contribution in [0.15, 0.2) is 12.4 Å². The molecule has 0 saturated carbocycles. The Balaban J connectivity index is 2.17. The Morgan fingerprint density at radius 3 is 2.30 bits per heavy atom. The maximum Gasteiger partial charge on any atom is 0.192 e. The molecule has 1 N–H and O–H groups in total. The van der Waals surface area contributed by atoms with Gasteiger partial charge in [-0.1, -0.05) is 44.0 Å². The summed E-state index contributed by atoms with van der Waals surface area (Å²) in [6.07, 6.45) is 5.27. The van der Waals surface area contributed by atoms with Gasteiger partial charge in [-0.05, 0) is 44.8 Å². The molecular formula is C20H34Cl2N2O2Si. The fraction of sp³-hybridized carbons (Fsp3) is 0.750. The summed E-state index contributed by atoms with van der Waals surface area (Å²) in [6, 6.07) is 3.57. The van der Waals surface area contributed by atoms with Crippen LogP contribution in [0.3, 0.4) is 0 Å². The van der Waals surface area contributed by atoms with Gasteiger partial charge in [0.15, 0.2) is 8.32 Å². The van der Waals surface area contributed by atoms with E-state index in [1.54, 1.807) is 12.4 Å². The number of ether oxygens (including phenoxy) is 1. The molecule has 1 aliphatic rings. The molecule has 0 aliphatic carbocycles. The van der Waals surface area contributed by atoms with Crippen molar-refractivity contribution >= 4 is 31.5 Å². The van der Waals surface area contributed by atoms with E-state index in [-0.39, 0.29) is 11.7 Å². The number of halogens is 2. The van der Waals surface area contributed by atoms with Crippen molar-refractivity contribution in [3.05, 3.63) is 28.0 Å². The largest absolute Gasteiger partial charge is 0.409 e. The van der Waals surface area contributed by atoms with Gasteiger partial charge in [-0.25, -0.2) is 0 Å². The van der Waals surface area contributed by atoms with E-state index in [0.29, 0.717) is 22.6 Å². The van der Waals surface area contributed by atoms with Crippen molar-refractivity contribution in [1.82, 2.24) is 10.3 Å². The molecule has 1 aliphatic heterocycles. The molecule has 1 aromatic rings. The third kappa shape index (κ3) is 6.15. The topological polar surface area (TPSA) is 43.4 Å². The van der Waals surface area contributed by atoms with Crippen molar-refractivity contribution in [2.75, 3.05) is 13.2 Å². The minimum absolute atomic E-state index is 0.0273. The number of nitrogens with zero attached hydrogens (tertiary/aromatic N) is 1. The SMILES string of the molecule is CC[Si](CC)(CC)OC(CNC1CCC(C)(C)OC1)c1c(Cl)cncc1Cl. The molecule has 2 unspecified atom stereocenters. The monoisotopic (exact) mass is 432 g/mol. The second-order valence-corrected chi connectivity index (χ2v) is 13.6. The lowest BCUT2D eigenvalue weighted by molar-refractivity contribution is -0.0662. The summed E-state index contributed by atoms with van der Waals surface area (Å²) in [4.78, 5) is 4.10. The summed E-state index contributed by atoms with van der Waals surface area (Å²) < 4.78 is 12.8. The van der Waals surface area contributed by atoms with Crippen LogP contribution in [0.1, 0.15) is 59.1 Å². The molecule has 27 heavy (non-hydrogen) atoms. The van der Waals surface area contributed by atoms with Crippen molar-refractivity contribution in [2.45, 2.75) is 83.3 Å². The fourth-order valence-corrected chi connectivity index (χ4v) is 7.08. The number of pyridine rings is 1. The van der Waals surface area contributed by atoms with Gasteiger partial charge >= 0.3 is 0 Å². The van der Waals surface area contributed by atoms with Gasteiger partial charge < -0.3 is 14.5 Å². The molecule has 0 amide bonds. The van der Waals surface area contributed by atoms with Crippen LogP contribution in [0.2, 0.25) is 28.2 Å². The Morgan fingerprint density at radius 1 is 1.22 bits per heavy atom. The van der Waals surface area contributed by atoms with Crippen LogP contribution in [0.25, 0.3) is 0 Å². The van der Waals surface area contributed by atoms with Crippen molar-refractivity contribution in [3.8, 4) is 0 Å². The Labute approximate surface area is 175 Å². The first-order chi connectivity index (χ1) is 12.8. The van der Waals surface area contributed by atoms with E-state index < -0.39 is 8.32 Å². The van der Waals surface area contributed by atoms with Crippen molar-refractivity contribution in [1.29, 1.82) is 0 Å². The molecule has 1 saturated heterocycles. The molecular weight excluding hydrogens is 399 g/mol. The van der Waals surface area contributed by atoms with Crippen LogP contribution >= 0.6 is 23.2 Å². The number of aromatic nitrogens is 1. The smallest absolute Gasteiger partial charge is 0.192 e. The summed E-state index contributed by atoms with van der Waals surface area (Å²) in [6.45, 7) is 12.4. The van der Waals surface area contributed by atoms with Crippen molar-refractivity contribution < 1.29 is 9.16 Å². The van der Waals surface area contributed by atoms with E-state index in [1.807, 2.05) is 0 Å². The van der Waals surface area contributed by atoms with Gasteiger partial charge in [0, 0.05) is 30.5 Å². The molecule has 0 radical (unpaired) electrons. The quantitative estimate of drug-likeness (QED) is 0.485. The standard InChI is InChI=1S/C20H34Cl2N2O2Si/c1-6-27(7-2,8-3)26-18(19-16(21)11-23-12-17(19)22)13-24-15-9-10-20(4,5)25-14-15/h11-12,15,18,24H,6-10,13-14H2,1-5H3. The predicted molar refractivity (Wildman–Crippen MR) is 116 cm³/mol. The first kappa shape index (κ1) is 23.1. The third-order valence-corrected chi connectivity index (χ3v) is 11.2. The first-order valence-electron chi connectivity index (χ1n) is 10.1. The summed E-state index contributed by atoms with van der Waals surface area (Å²) in [7, 11) is -1.83. The van der Waals surface area contributed by atoms with Crippen LogP contribution in [0.4, 0.5) is 0 Å². The van der Waals surface area contributed by atoms with Crippen LogP contribution in [0.5, 0.6) is 0 Å². The molecule has 7 heteroatoms. The second-order valence-electron chi connectivity index (χ2n) is 8.08.